The fraction of sp³-hybridized carbons (Fsp3) is 0.462. The molecule has 1 heterocycles. The molecule has 3 nitrogen and oxygen atoms in total. The first kappa shape index (κ1) is 10.9. The standard InChI is InChI=1S/C13H16N2O/c1-11(14-10-16)12-6-2-3-7-13(12)15-8-4-5-9-15/h2-3,6-7,11H,4-5,8-9H2,1H3. The second-order valence-corrected chi connectivity index (χ2v) is 4.15. The lowest BCUT2D eigenvalue weighted by molar-refractivity contribution is 0.559. The average Bonchev–Trinajstić information content (AvgIpc) is 2.83. The van der Waals surface area contributed by atoms with Gasteiger partial charge in [-0.25, -0.2) is 4.79 Å². The monoisotopic (exact) mass is 216 g/mol. The predicted molar refractivity (Wildman–Crippen MR) is 64.4 cm³/mol. The molecule has 0 saturated carbocycles. The van der Waals surface area contributed by atoms with Crippen LogP contribution in [0.25, 0.3) is 0 Å². The summed E-state index contributed by atoms with van der Waals surface area (Å²) in [7, 11) is 0. The van der Waals surface area contributed by atoms with Gasteiger partial charge in [-0.2, -0.15) is 4.99 Å². The van der Waals surface area contributed by atoms with E-state index >= 15 is 0 Å². The highest BCUT2D eigenvalue weighted by molar-refractivity contribution is 5.56. The molecule has 1 saturated heterocycles. The second kappa shape index (κ2) is 4.95. The summed E-state index contributed by atoms with van der Waals surface area (Å²) in [6, 6.07) is 8.07. The third-order valence-electron chi connectivity index (χ3n) is 3.08. The van der Waals surface area contributed by atoms with E-state index in [1.165, 1.54) is 18.5 Å². The number of aliphatic imine (C=N–C) groups is 1. The Bertz CT molecular complexity index is 404. The molecular weight excluding hydrogens is 200 g/mol. The molecule has 0 aliphatic carbocycles. The maximum atomic E-state index is 10.3. The van der Waals surface area contributed by atoms with Gasteiger partial charge in [0.1, 0.15) is 0 Å². The maximum absolute atomic E-state index is 10.3. The number of para-hydroxylation sites is 1. The van der Waals surface area contributed by atoms with Crippen LogP contribution in [0, 0.1) is 0 Å². The van der Waals surface area contributed by atoms with E-state index in [1.807, 2.05) is 25.1 Å². The van der Waals surface area contributed by atoms with E-state index in [2.05, 4.69) is 16.0 Å². The van der Waals surface area contributed by atoms with Crippen LogP contribution >= 0.6 is 0 Å². The van der Waals surface area contributed by atoms with Gasteiger partial charge in [-0.3, -0.25) is 0 Å². The largest absolute Gasteiger partial charge is 0.371 e. The fourth-order valence-electron chi connectivity index (χ4n) is 2.24. The third-order valence-corrected chi connectivity index (χ3v) is 3.08. The zero-order chi connectivity index (χ0) is 11.4. The summed E-state index contributed by atoms with van der Waals surface area (Å²) in [6.45, 7) is 4.14. The van der Waals surface area contributed by atoms with Crippen LogP contribution in [0.15, 0.2) is 29.3 Å². The van der Waals surface area contributed by atoms with Crippen molar-refractivity contribution in [2.24, 2.45) is 4.99 Å². The first-order valence-electron chi connectivity index (χ1n) is 5.74. The summed E-state index contributed by atoms with van der Waals surface area (Å²) in [5, 5.41) is 0. The molecule has 3 heteroatoms. The van der Waals surface area contributed by atoms with Crippen molar-refractivity contribution in [2.45, 2.75) is 25.8 Å². The Hall–Kier alpha value is -1.60. The van der Waals surface area contributed by atoms with E-state index in [-0.39, 0.29) is 6.04 Å². The number of benzene rings is 1. The van der Waals surface area contributed by atoms with Crippen LogP contribution in [0.4, 0.5) is 5.69 Å². The van der Waals surface area contributed by atoms with E-state index in [9.17, 15) is 4.79 Å². The molecule has 16 heavy (non-hydrogen) atoms. The van der Waals surface area contributed by atoms with Crippen LogP contribution in [0.2, 0.25) is 0 Å². The number of hydrogen-bond donors (Lipinski definition) is 0. The Morgan fingerprint density at radius 1 is 1.31 bits per heavy atom. The minimum absolute atomic E-state index is 0.103. The zero-order valence-electron chi connectivity index (χ0n) is 9.52. The van der Waals surface area contributed by atoms with Gasteiger partial charge in [0.05, 0.1) is 6.04 Å². The summed E-state index contributed by atoms with van der Waals surface area (Å²) < 4.78 is 0. The molecule has 1 atom stereocenters. The van der Waals surface area contributed by atoms with Crippen LogP contribution in [0.3, 0.4) is 0 Å². The number of anilines is 1. The molecule has 0 radical (unpaired) electrons. The zero-order valence-corrected chi connectivity index (χ0v) is 9.52. The smallest absolute Gasteiger partial charge is 0.235 e. The Labute approximate surface area is 95.8 Å². The molecule has 1 unspecified atom stereocenters. The summed E-state index contributed by atoms with van der Waals surface area (Å²) in [4.78, 5) is 16.5. The van der Waals surface area contributed by atoms with Gasteiger partial charge in [0.15, 0.2) is 0 Å². The van der Waals surface area contributed by atoms with Gasteiger partial charge in [-0.1, -0.05) is 18.2 Å². The predicted octanol–water partition coefficient (Wildman–Crippen LogP) is 2.68. The molecule has 0 N–H and O–H groups in total. The Balaban J connectivity index is 2.32. The normalized spacial score (nSPS) is 16.9. The molecule has 2 rings (SSSR count). The first-order chi connectivity index (χ1) is 7.83. The highest BCUT2D eigenvalue weighted by atomic mass is 16.1. The molecular formula is C13H16N2O. The van der Waals surface area contributed by atoms with Crippen molar-refractivity contribution < 1.29 is 4.79 Å². The van der Waals surface area contributed by atoms with Gasteiger partial charge in [-0.05, 0) is 25.8 Å². The number of hydrogen-bond acceptors (Lipinski definition) is 3. The summed E-state index contributed by atoms with van der Waals surface area (Å²) >= 11 is 0. The molecule has 0 amide bonds. The summed E-state index contributed by atoms with van der Waals surface area (Å²) in [6.07, 6.45) is 4.14. The molecule has 0 spiro atoms. The summed E-state index contributed by atoms with van der Waals surface area (Å²) in [5.41, 5.74) is 2.33. The topological polar surface area (TPSA) is 32.7 Å². The van der Waals surface area contributed by atoms with Gasteiger partial charge < -0.3 is 4.90 Å². The molecule has 1 aromatic rings. The van der Waals surface area contributed by atoms with Crippen LogP contribution in [-0.2, 0) is 4.79 Å². The molecule has 0 bridgehead atoms. The van der Waals surface area contributed by atoms with Crippen molar-refractivity contribution >= 4 is 11.8 Å². The van der Waals surface area contributed by atoms with Gasteiger partial charge >= 0.3 is 0 Å². The van der Waals surface area contributed by atoms with E-state index in [0.717, 1.165) is 18.7 Å². The maximum Gasteiger partial charge on any atom is 0.235 e. The van der Waals surface area contributed by atoms with Crippen LogP contribution in [-0.4, -0.2) is 19.2 Å². The van der Waals surface area contributed by atoms with Crippen molar-refractivity contribution in [2.75, 3.05) is 18.0 Å². The van der Waals surface area contributed by atoms with Crippen molar-refractivity contribution in [3.8, 4) is 0 Å². The molecule has 84 valence electrons. The van der Waals surface area contributed by atoms with Crippen molar-refractivity contribution in [1.29, 1.82) is 0 Å². The number of isocyanates is 1. The van der Waals surface area contributed by atoms with Crippen LogP contribution < -0.4 is 4.90 Å². The van der Waals surface area contributed by atoms with Gasteiger partial charge in [-0.15, -0.1) is 0 Å². The lowest BCUT2D eigenvalue weighted by Crippen LogP contribution is -2.19. The fourth-order valence-corrected chi connectivity index (χ4v) is 2.24. The lowest BCUT2D eigenvalue weighted by atomic mass is 10.1. The lowest BCUT2D eigenvalue weighted by Gasteiger charge is -2.22. The number of rotatable bonds is 3. The van der Waals surface area contributed by atoms with E-state index in [0.29, 0.717) is 0 Å². The Kier molecular flexibility index (Phi) is 3.37. The van der Waals surface area contributed by atoms with Crippen LogP contribution in [0.1, 0.15) is 31.4 Å². The van der Waals surface area contributed by atoms with E-state index < -0.39 is 0 Å². The number of nitrogens with zero attached hydrogens (tertiary/aromatic N) is 2. The molecule has 1 aromatic carbocycles. The molecule has 0 aromatic heterocycles. The second-order valence-electron chi connectivity index (χ2n) is 4.15. The molecule has 1 aliphatic heterocycles. The van der Waals surface area contributed by atoms with Crippen molar-refractivity contribution in [1.82, 2.24) is 0 Å². The summed E-state index contributed by atoms with van der Waals surface area (Å²) in [5.74, 6) is 0. The third kappa shape index (κ3) is 2.15. The minimum atomic E-state index is -0.103. The van der Waals surface area contributed by atoms with Crippen LogP contribution in [0.5, 0.6) is 0 Å². The van der Waals surface area contributed by atoms with E-state index in [1.54, 1.807) is 6.08 Å². The van der Waals surface area contributed by atoms with Crippen molar-refractivity contribution in [3.05, 3.63) is 29.8 Å². The Morgan fingerprint density at radius 3 is 2.69 bits per heavy atom. The molecule has 1 fully saturated rings. The molecule has 1 aliphatic rings. The number of carbonyl (C=O) groups excluding carboxylic acids is 1. The first-order valence-corrected chi connectivity index (χ1v) is 5.74. The van der Waals surface area contributed by atoms with Gasteiger partial charge in [0, 0.05) is 24.3 Å². The highest BCUT2D eigenvalue weighted by Crippen LogP contribution is 2.30. The van der Waals surface area contributed by atoms with Gasteiger partial charge in [0.25, 0.3) is 0 Å². The SMILES string of the molecule is CC(N=C=O)c1ccccc1N1CCCC1. The minimum Gasteiger partial charge on any atom is -0.371 e. The highest BCUT2D eigenvalue weighted by Gasteiger charge is 2.17. The Morgan fingerprint density at radius 2 is 2.00 bits per heavy atom. The average molecular weight is 216 g/mol. The van der Waals surface area contributed by atoms with Gasteiger partial charge in [0.2, 0.25) is 6.08 Å². The quantitative estimate of drug-likeness (QED) is 0.575. The van der Waals surface area contributed by atoms with Crippen molar-refractivity contribution in [3.63, 3.8) is 0 Å². The van der Waals surface area contributed by atoms with E-state index in [4.69, 9.17) is 0 Å².